The third-order valence-electron chi connectivity index (χ3n) is 3.76. The molecule has 0 aliphatic heterocycles. The van der Waals surface area contributed by atoms with E-state index in [0.717, 1.165) is 0 Å². The summed E-state index contributed by atoms with van der Waals surface area (Å²) in [5, 5.41) is 14.2. The van der Waals surface area contributed by atoms with Crippen molar-refractivity contribution in [3.8, 4) is 5.75 Å². The van der Waals surface area contributed by atoms with Crippen molar-refractivity contribution in [3.05, 3.63) is 69.2 Å². The number of nitro benzene ring substituents is 1. The number of urea groups is 1. The fraction of sp³-hybridized carbons (Fsp3) is 0.278. The number of carbonyl (C=O) groups is 1. The van der Waals surface area contributed by atoms with E-state index in [9.17, 15) is 14.9 Å². The van der Waals surface area contributed by atoms with Crippen LogP contribution in [0.2, 0.25) is 5.02 Å². The minimum absolute atomic E-state index is 0.00752. The Morgan fingerprint density at radius 2 is 2.04 bits per heavy atom. The van der Waals surface area contributed by atoms with E-state index in [1.54, 1.807) is 50.4 Å². The first kappa shape index (κ1) is 19.5. The van der Waals surface area contributed by atoms with Gasteiger partial charge in [-0.3, -0.25) is 10.1 Å². The van der Waals surface area contributed by atoms with E-state index in [1.807, 2.05) is 0 Å². The SMILES string of the molecule is CC(NC(=O)N(C)CCOc1cccc(Cl)c1)c1cccc([N+](=O)[O-])c1. The number of nitrogens with one attached hydrogen (secondary N) is 1. The number of nitrogens with zero attached hydrogens (tertiary/aromatic N) is 2. The summed E-state index contributed by atoms with van der Waals surface area (Å²) in [6, 6.07) is 12.6. The van der Waals surface area contributed by atoms with Crippen molar-refractivity contribution >= 4 is 23.3 Å². The van der Waals surface area contributed by atoms with Crippen LogP contribution in [0.5, 0.6) is 5.75 Å². The van der Waals surface area contributed by atoms with Crippen LogP contribution < -0.4 is 10.1 Å². The minimum Gasteiger partial charge on any atom is -0.492 e. The lowest BCUT2D eigenvalue weighted by Gasteiger charge is -2.21. The molecule has 0 saturated carbocycles. The van der Waals surface area contributed by atoms with Crippen LogP contribution in [-0.4, -0.2) is 36.1 Å². The van der Waals surface area contributed by atoms with Gasteiger partial charge in [-0.2, -0.15) is 0 Å². The van der Waals surface area contributed by atoms with Gasteiger partial charge in [-0.15, -0.1) is 0 Å². The summed E-state index contributed by atoms with van der Waals surface area (Å²) in [4.78, 5) is 24.1. The molecule has 0 aliphatic rings. The van der Waals surface area contributed by atoms with E-state index < -0.39 is 4.92 Å². The van der Waals surface area contributed by atoms with Crippen molar-refractivity contribution in [2.45, 2.75) is 13.0 Å². The zero-order valence-electron chi connectivity index (χ0n) is 14.5. The van der Waals surface area contributed by atoms with Gasteiger partial charge >= 0.3 is 6.03 Å². The molecule has 1 N–H and O–H groups in total. The second-order valence-electron chi connectivity index (χ2n) is 5.75. The smallest absolute Gasteiger partial charge is 0.317 e. The van der Waals surface area contributed by atoms with Gasteiger partial charge in [-0.1, -0.05) is 29.8 Å². The maximum atomic E-state index is 12.2. The van der Waals surface area contributed by atoms with E-state index >= 15 is 0 Å². The molecule has 0 heterocycles. The van der Waals surface area contributed by atoms with Crippen molar-refractivity contribution < 1.29 is 14.5 Å². The Labute approximate surface area is 156 Å². The van der Waals surface area contributed by atoms with Gasteiger partial charge in [-0.05, 0) is 30.7 Å². The highest BCUT2D eigenvalue weighted by atomic mass is 35.5. The third kappa shape index (κ3) is 5.63. The highest BCUT2D eigenvalue weighted by Crippen LogP contribution is 2.19. The predicted octanol–water partition coefficient (Wildman–Crippen LogP) is 4.03. The van der Waals surface area contributed by atoms with Crippen LogP contribution in [-0.2, 0) is 0 Å². The molecule has 0 aromatic heterocycles. The topological polar surface area (TPSA) is 84.7 Å². The zero-order valence-corrected chi connectivity index (χ0v) is 15.3. The Balaban J connectivity index is 1.84. The summed E-state index contributed by atoms with van der Waals surface area (Å²) in [5.41, 5.74) is 0.656. The fourth-order valence-corrected chi connectivity index (χ4v) is 2.43. The molecule has 138 valence electrons. The number of ether oxygens (including phenoxy) is 1. The minimum atomic E-state index is -0.461. The summed E-state index contributed by atoms with van der Waals surface area (Å²) in [6.45, 7) is 2.46. The molecule has 0 radical (unpaired) electrons. The lowest BCUT2D eigenvalue weighted by Crippen LogP contribution is -2.40. The molecular weight excluding hydrogens is 358 g/mol. The molecule has 1 unspecified atom stereocenters. The lowest BCUT2D eigenvalue weighted by atomic mass is 10.1. The number of halogens is 1. The quantitative estimate of drug-likeness (QED) is 0.583. The first-order chi connectivity index (χ1) is 12.4. The summed E-state index contributed by atoms with van der Waals surface area (Å²) in [5.74, 6) is 0.635. The van der Waals surface area contributed by atoms with Crippen LogP contribution in [0.3, 0.4) is 0 Å². The van der Waals surface area contributed by atoms with E-state index in [-0.39, 0.29) is 17.8 Å². The number of likely N-dealkylation sites (N-methyl/N-ethyl adjacent to an activating group) is 1. The van der Waals surface area contributed by atoms with E-state index in [0.29, 0.717) is 29.5 Å². The van der Waals surface area contributed by atoms with Gasteiger partial charge in [0.25, 0.3) is 5.69 Å². The number of hydrogen-bond acceptors (Lipinski definition) is 4. The monoisotopic (exact) mass is 377 g/mol. The number of benzene rings is 2. The maximum Gasteiger partial charge on any atom is 0.317 e. The van der Waals surface area contributed by atoms with Crippen molar-refractivity contribution in [2.24, 2.45) is 0 Å². The summed E-state index contributed by atoms with van der Waals surface area (Å²) >= 11 is 5.89. The van der Waals surface area contributed by atoms with E-state index in [4.69, 9.17) is 16.3 Å². The van der Waals surface area contributed by atoms with Crippen molar-refractivity contribution in [2.75, 3.05) is 20.2 Å². The summed E-state index contributed by atoms with van der Waals surface area (Å²) in [7, 11) is 1.65. The van der Waals surface area contributed by atoms with Gasteiger partial charge in [-0.25, -0.2) is 4.79 Å². The van der Waals surface area contributed by atoms with Crippen molar-refractivity contribution in [1.29, 1.82) is 0 Å². The number of nitro groups is 1. The second-order valence-corrected chi connectivity index (χ2v) is 6.19. The molecule has 0 fully saturated rings. The van der Waals surface area contributed by atoms with Gasteiger partial charge < -0.3 is 15.0 Å². The first-order valence-electron chi connectivity index (χ1n) is 8.01. The van der Waals surface area contributed by atoms with Gasteiger partial charge in [0.15, 0.2) is 0 Å². The largest absolute Gasteiger partial charge is 0.492 e. The van der Waals surface area contributed by atoms with Crippen LogP contribution in [0.1, 0.15) is 18.5 Å². The molecule has 2 aromatic rings. The molecular formula is C18H20ClN3O4. The fourth-order valence-electron chi connectivity index (χ4n) is 2.25. The van der Waals surface area contributed by atoms with Gasteiger partial charge in [0.05, 0.1) is 17.5 Å². The molecule has 26 heavy (non-hydrogen) atoms. The molecule has 2 rings (SSSR count). The van der Waals surface area contributed by atoms with Crippen molar-refractivity contribution in [3.63, 3.8) is 0 Å². The normalized spacial score (nSPS) is 11.5. The number of rotatable bonds is 7. The highest BCUT2D eigenvalue weighted by molar-refractivity contribution is 6.30. The van der Waals surface area contributed by atoms with E-state index in [2.05, 4.69) is 5.32 Å². The van der Waals surface area contributed by atoms with Crippen molar-refractivity contribution in [1.82, 2.24) is 10.2 Å². The average Bonchev–Trinajstić information content (AvgIpc) is 2.61. The molecule has 7 nitrogen and oxygen atoms in total. The predicted molar refractivity (Wildman–Crippen MR) is 99.6 cm³/mol. The summed E-state index contributed by atoms with van der Waals surface area (Å²) in [6.07, 6.45) is 0. The molecule has 8 heteroatoms. The van der Waals surface area contributed by atoms with Crippen LogP contribution in [0.25, 0.3) is 0 Å². The second kappa shape index (κ2) is 9.05. The molecule has 2 amide bonds. The Hall–Kier alpha value is -2.80. The van der Waals surface area contributed by atoms with Crippen LogP contribution in [0.4, 0.5) is 10.5 Å². The number of non-ortho nitro benzene ring substituents is 1. The molecule has 0 bridgehead atoms. The van der Waals surface area contributed by atoms with Crippen LogP contribution in [0, 0.1) is 10.1 Å². The molecule has 0 saturated heterocycles. The van der Waals surface area contributed by atoms with Gasteiger partial charge in [0.2, 0.25) is 0 Å². The Kier molecular flexibility index (Phi) is 6.80. The Bertz CT molecular complexity index is 785. The lowest BCUT2D eigenvalue weighted by molar-refractivity contribution is -0.384. The molecule has 1 atom stereocenters. The number of hydrogen-bond donors (Lipinski definition) is 1. The molecule has 0 spiro atoms. The van der Waals surface area contributed by atoms with E-state index in [1.165, 1.54) is 17.0 Å². The number of amides is 2. The highest BCUT2D eigenvalue weighted by Gasteiger charge is 2.15. The summed E-state index contributed by atoms with van der Waals surface area (Å²) < 4.78 is 5.56. The Morgan fingerprint density at radius 1 is 1.31 bits per heavy atom. The molecule has 0 aliphatic carbocycles. The zero-order chi connectivity index (χ0) is 19.1. The maximum absolute atomic E-state index is 12.2. The first-order valence-corrected chi connectivity index (χ1v) is 8.39. The van der Waals surface area contributed by atoms with Crippen LogP contribution in [0.15, 0.2) is 48.5 Å². The molecule has 2 aromatic carbocycles. The third-order valence-corrected chi connectivity index (χ3v) is 3.99. The standard InChI is InChI=1S/C18H20ClN3O4/c1-13(14-5-3-7-16(11-14)22(24)25)20-18(23)21(2)9-10-26-17-8-4-6-15(19)12-17/h3-8,11-13H,9-10H2,1-2H3,(H,20,23). The average molecular weight is 378 g/mol. The Morgan fingerprint density at radius 3 is 2.73 bits per heavy atom. The van der Waals surface area contributed by atoms with Gasteiger partial charge in [0, 0.05) is 24.2 Å². The van der Waals surface area contributed by atoms with Crippen LogP contribution >= 0.6 is 11.6 Å². The van der Waals surface area contributed by atoms with Gasteiger partial charge in [0.1, 0.15) is 12.4 Å². The number of carbonyl (C=O) groups excluding carboxylic acids is 1.